The van der Waals surface area contributed by atoms with Crippen LogP contribution < -0.4 is 10.2 Å². The number of carbonyl (C=O) groups excluding carboxylic acids is 1. The smallest absolute Gasteiger partial charge is 0.254 e. The molecule has 1 saturated heterocycles. The van der Waals surface area contributed by atoms with Crippen LogP contribution in [0.3, 0.4) is 0 Å². The van der Waals surface area contributed by atoms with Crippen LogP contribution in [0.1, 0.15) is 21.5 Å². The van der Waals surface area contributed by atoms with Gasteiger partial charge < -0.3 is 15.0 Å². The Hall–Kier alpha value is -1.76. The molecule has 26 heavy (non-hydrogen) atoms. The molecule has 1 aromatic heterocycles. The summed E-state index contributed by atoms with van der Waals surface area (Å²) in [6.07, 6.45) is 1.95. The lowest BCUT2D eigenvalue weighted by Crippen LogP contribution is -2.37. The first-order valence-electron chi connectivity index (χ1n) is 8.49. The molecule has 0 spiro atoms. The lowest BCUT2D eigenvalue weighted by molar-refractivity contribution is 0.0946. The number of hydrogen-bond donors (Lipinski definition) is 1. The predicted molar refractivity (Wildman–Crippen MR) is 106 cm³/mol. The van der Waals surface area contributed by atoms with Gasteiger partial charge in [0.2, 0.25) is 0 Å². The topological polar surface area (TPSA) is 54.5 Å². The maximum Gasteiger partial charge on any atom is 0.254 e. The number of carbonyl (C=O) groups is 1. The van der Waals surface area contributed by atoms with Gasteiger partial charge in [0.25, 0.3) is 5.91 Å². The molecule has 2 heterocycles. The molecule has 5 nitrogen and oxygen atoms in total. The Labute approximate surface area is 163 Å². The molecular formula is C19H22ClN3O2S. The number of aromatic nitrogens is 1. The summed E-state index contributed by atoms with van der Waals surface area (Å²) in [6.45, 7) is 5.47. The third kappa shape index (κ3) is 4.50. The summed E-state index contributed by atoms with van der Waals surface area (Å²) in [5, 5.41) is 4.41. The summed E-state index contributed by atoms with van der Waals surface area (Å²) in [4.78, 5) is 19.7. The third-order valence-corrected chi connectivity index (χ3v) is 5.23. The van der Waals surface area contributed by atoms with Gasteiger partial charge in [-0.1, -0.05) is 23.7 Å². The van der Waals surface area contributed by atoms with Crippen molar-refractivity contribution >= 4 is 35.1 Å². The largest absolute Gasteiger partial charge is 0.378 e. The summed E-state index contributed by atoms with van der Waals surface area (Å²) in [7, 11) is 0. The number of halogens is 1. The van der Waals surface area contributed by atoms with Crippen molar-refractivity contribution < 1.29 is 9.53 Å². The number of anilines is 1. The average molecular weight is 392 g/mol. The van der Waals surface area contributed by atoms with E-state index in [1.165, 1.54) is 11.8 Å². The van der Waals surface area contributed by atoms with Crippen molar-refractivity contribution in [3.05, 3.63) is 52.0 Å². The summed E-state index contributed by atoms with van der Waals surface area (Å²) in [6, 6.07) is 9.44. The molecule has 1 fully saturated rings. The number of nitrogens with one attached hydrogen (secondary N) is 1. The second-order valence-electron chi connectivity index (χ2n) is 6.09. The summed E-state index contributed by atoms with van der Waals surface area (Å²) < 4.78 is 5.40. The van der Waals surface area contributed by atoms with Crippen molar-refractivity contribution in [1.29, 1.82) is 0 Å². The molecule has 3 rings (SSSR count). The number of amides is 1. The Morgan fingerprint density at radius 2 is 2.00 bits per heavy atom. The van der Waals surface area contributed by atoms with Crippen LogP contribution in [0.15, 0.2) is 35.4 Å². The van der Waals surface area contributed by atoms with Crippen LogP contribution >= 0.6 is 23.4 Å². The van der Waals surface area contributed by atoms with Gasteiger partial charge in [0.05, 0.1) is 18.8 Å². The molecule has 0 saturated carbocycles. The molecule has 0 radical (unpaired) electrons. The maximum absolute atomic E-state index is 12.7. The number of ether oxygens (including phenoxy) is 1. The summed E-state index contributed by atoms with van der Waals surface area (Å²) >= 11 is 7.39. The molecule has 1 aliphatic heterocycles. The summed E-state index contributed by atoms with van der Waals surface area (Å²) in [5.41, 5.74) is 2.58. The van der Waals surface area contributed by atoms with E-state index in [1.54, 1.807) is 0 Å². The summed E-state index contributed by atoms with van der Waals surface area (Å²) in [5.74, 6) is 0.798. The molecule has 2 aromatic rings. The highest BCUT2D eigenvalue weighted by Gasteiger charge is 2.20. The number of thioether (sulfide) groups is 1. The zero-order valence-electron chi connectivity index (χ0n) is 14.9. The Balaban J connectivity index is 1.77. The van der Waals surface area contributed by atoms with Gasteiger partial charge in [0.1, 0.15) is 10.8 Å². The number of nitrogens with zero attached hydrogens (tertiary/aromatic N) is 2. The molecule has 0 bridgehead atoms. The minimum Gasteiger partial charge on any atom is -0.378 e. The highest BCUT2D eigenvalue weighted by molar-refractivity contribution is 7.98. The van der Waals surface area contributed by atoms with Crippen LogP contribution in [0.25, 0.3) is 0 Å². The standard InChI is InChI=1S/C19H22ClN3O2S/c1-13-11-16(23-7-9-25-10-8-23)22-19(26-2)17(13)18(24)21-12-14-3-5-15(20)6-4-14/h3-6,11H,7-10,12H2,1-2H3,(H,21,24). The highest BCUT2D eigenvalue weighted by Crippen LogP contribution is 2.26. The maximum atomic E-state index is 12.7. The van der Waals surface area contributed by atoms with Crippen LogP contribution in [0.2, 0.25) is 5.02 Å². The van der Waals surface area contributed by atoms with Crippen LogP contribution in [-0.4, -0.2) is 43.5 Å². The predicted octanol–water partition coefficient (Wildman–Crippen LogP) is 3.53. The minimum atomic E-state index is -0.108. The fraction of sp³-hybridized carbons (Fsp3) is 0.368. The van der Waals surface area contributed by atoms with E-state index < -0.39 is 0 Å². The molecule has 138 valence electrons. The van der Waals surface area contributed by atoms with Gasteiger partial charge in [-0.2, -0.15) is 0 Å². The van der Waals surface area contributed by atoms with Gasteiger partial charge in [-0.05, 0) is 42.5 Å². The molecule has 7 heteroatoms. The Morgan fingerprint density at radius 3 is 2.65 bits per heavy atom. The highest BCUT2D eigenvalue weighted by atomic mass is 35.5. The Kier molecular flexibility index (Phi) is 6.40. The first kappa shape index (κ1) is 19.0. The zero-order valence-corrected chi connectivity index (χ0v) is 16.5. The first-order chi connectivity index (χ1) is 12.6. The zero-order chi connectivity index (χ0) is 18.5. The Bertz CT molecular complexity index is 777. The quantitative estimate of drug-likeness (QED) is 0.790. The fourth-order valence-corrected chi connectivity index (χ4v) is 3.65. The molecule has 0 aliphatic carbocycles. The lowest BCUT2D eigenvalue weighted by Gasteiger charge is -2.28. The van der Waals surface area contributed by atoms with Crippen LogP contribution in [0, 0.1) is 6.92 Å². The lowest BCUT2D eigenvalue weighted by atomic mass is 10.1. The van der Waals surface area contributed by atoms with Gasteiger partial charge in [0.15, 0.2) is 0 Å². The molecular weight excluding hydrogens is 370 g/mol. The Morgan fingerprint density at radius 1 is 1.31 bits per heavy atom. The van der Waals surface area contributed by atoms with Gasteiger partial charge in [0, 0.05) is 24.7 Å². The van der Waals surface area contributed by atoms with Gasteiger partial charge >= 0.3 is 0 Å². The first-order valence-corrected chi connectivity index (χ1v) is 10.1. The number of pyridine rings is 1. The molecule has 1 aliphatic rings. The van der Waals surface area contributed by atoms with Gasteiger partial charge in [-0.25, -0.2) is 4.98 Å². The normalized spacial score (nSPS) is 14.3. The van der Waals surface area contributed by atoms with Crippen molar-refractivity contribution in [2.45, 2.75) is 18.5 Å². The van der Waals surface area contributed by atoms with E-state index in [4.69, 9.17) is 21.3 Å². The van der Waals surface area contributed by atoms with E-state index in [2.05, 4.69) is 10.2 Å². The average Bonchev–Trinajstić information content (AvgIpc) is 2.67. The van der Waals surface area contributed by atoms with Crippen LogP contribution in [0.5, 0.6) is 0 Å². The van der Waals surface area contributed by atoms with Gasteiger partial charge in [-0.15, -0.1) is 11.8 Å². The second kappa shape index (κ2) is 8.75. The van der Waals surface area contributed by atoms with E-state index in [0.29, 0.717) is 30.3 Å². The molecule has 1 N–H and O–H groups in total. The number of hydrogen-bond acceptors (Lipinski definition) is 5. The second-order valence-corrected chi connectivity index (χ2v) is 7.32. The fourth-order valence-electron chi connectivity index (χ4n) is 2.88. The molecule has 0 unspecified atom stereocenters. The number of morpholine rings is 1. The number of rotatable bonds is 5. The SMILES string of the molecule is CSc1nc(N2CCOCC2)cc(C)c1C(=O)NCc1ccc(Cl)cc1. The molecule has 0 atom stereocenters. The molecule has 1 amide bonds. The van der Waals surface area contributed by atoms with E-state index >= 15 is 0 Å². The monoisotopic (exact) mass is 391 g/mol. The van der Waals surface area contributed by atoms with E-state index in [9.17, 15) is 4.79 Å². The third-order valence-electron chi connectivity index (χ3n) is 4.29. The van der Waals surface area contributed by atoms with Crippen molar-refractivity contribution in [3.8, 4) is 0 Å². The minimum absolute atomic E-state index is 0.108. The van der Waals surface area contributed by atoms with Crippen molar-refractivity contribution in [2.24, 2.45) is 0 Å². The van der Waals surface area contributed by atoms with Crippen molar-refractivity contribution in [1.82, 2.24) is 10.3 Å². The molecule has 1 aromatic carbocycles. The van der Waals surface area contributed by atoms with E-state index in [0.717, 1.165) is 35.1 Å². The number of aryl methyl sites for hydroxylation is 1. The van der Waals surface area contributed by atoms with Crippen molar-refractivity contribution in [2.75, 3.05) is 37.5 Å². The van der Waals surface area contributed by atoms with E-state index in [-0.39, 0.29) is 5.91 Å². The van der Waals surface area contributed by atoms with Crippen molar-refractivity contribution in [3.63, 3.8) is 0 Å². The van der Waals surface area contributed by atoms with E-state index in [1.807, 2.05) is 43.5 Å². The van der Waals surface area contributed by atoms with Gasteiger partial charge in [-0.3, -0.25) is 4.79 Å². The van der Waals surface area contributed by atoms with Crippen LogP contribution in [0.4, 0.5) is 5.82 Å². The van der Waals surface area contributed by atoms with Crippen LogP contribution in [-0.2, 0) is 11.3 Å². The number of benzene rings is 1.